The summed E-state index contributed by atoms with van der Waals surface area (Å²) in [5.41, 5.74) is 3.72. The highest BCUT2D eigenvalue weighted by atomic mass is 19.4. The molecule has 0 spiro atoms. The first kappa shape index (κ1) is 24.1. The normalized spacial score (nSPS) is 21.2. The molecule has 1 heterocycles. The summed E-state index contributed by atoms with van der Waals surface area (Å²) in [7, 11) is 0. The molecule has 9 heteroatoms. The summed E-state index contributed by atoms with van der Waals surface area (Å²) in [6.07, 6.45) is 1.71. The van der Waals surface area contributed by atoms with E-state index in [0.29, 0.717) is 11.7 Å². The first-order chi connectivity index (χ1) is 15.5. The van der Waals surface area contributed by atoms with E-state index in [2.05, 4.69) is 9.97 Å². The Morgan fingerprint density at radius 3 is 1.94 bits per heavy atom. The number of hydrogen-bond acceptors (Lipinski definition) is 2. The molecule has 2 aliphatic rings. The molecule has 0 unspecified atom stereocenters. The highest BCUT2D eigenvalue weighted by Gasteiger charge is 2.43. The Kier molecular flexibility index (Phi) is 6.55. The Balaban J connectivity index is 1.74. The lowest BCUT2D eigenvalue weighted by Crippen LogP contribution is -2.50. The van der Waals surface area contributed by atoms with Crippen LogP contribution in [0.1, 0.15) is 87.1 Å². The lowest BCUT2D eigenvalue weighted by molar-refractivity contribution is -0.143. The molecule has 4 rings (SSSR count). The van der Waals surface area contributed by atoms with E-state index in [4.69, 9.17) is 5.73 Å². The molecular formula is C24H29F6N3. The van der Waals surface area contributed by atoms with Crippen LogP contribution in [0.2, 0.25) is 0 Å². The fraction of sp³-hybridized carbons (Fsp3) is 0.625. The zero-order valence-electron chi connectivity index (χ0n) is 18.3. The van der Waals surface area contributed by atoms with Gasteiger partial charge in [-0.05, 0) is 49.8 Å². The molecular weight excluding hydrogens is 444 g/mol. The molecule has 33 heavy (non-hydrogen) atoms. The fourth-order valence-electron chi connectivity index (χ4n) is 5.71. The molecule has 182 valence electrons. The van der Waals surface area contributed by atoms with E-state index >= 15 is 0 Å². The number of rotatable bonds is 4. The van der Waals surface area contributed by atoms with E-state index in [9.17, 15) is 26.3 Å². The second-order valence-corrected chi connectivity index (χ2v) is 9.65. The van der Waals surface area contributed by atoms with Crippen LogP contribution in [-0.4, -0.2) is 15.5 Å². The number of nitrogens with one attached hydrogen (secondary N) is 1. The minimum absolute atomic E-state index is 0.0975. The molecule has 2 aromatic rings. The summed E-state index contributed by atoms with van der Waals surface area (Å²) in [6.45, 7) is 0. The van der Waals surface area contributed by atoms with Crippen LogP contribution >= 0.6 is 0 Å². The second-order valence-electron chi connectivity index (χ2n) is 9.65. The third-order valence-corrected chi connectivity index (χ3v) is 7.31. The van der Waals surface area contributed by atoms with Gasteiger partial charge in [-0.1, -0.05) is 38.5 Å². The maximum absolute atomic E-state index is 13.3. The Hall–Kier alpha value is -2.03. The Bertz CT molecular complexity index is 918. The van der Waals surface area contributed by atoms with Crippen molar-refractivity contribution in [2.75, 3.05) is 0 Å². The molecule has 0 saturated heterocycles. The number of aromatic nitrogens is 2. The number of alkyl halides is 6. The maximum atomic E-state index is 13.3. The predicted molar refractivity (Wildman–Crippen MR) is 113 cm³/mol. The van der Waals surface area contributed by atoms with Gasteiger partial charge in [-0.3, -0.25) is 0 Å². The zero-order chi connectivity index (χ0) is 23.9. The molecule has 2 fully saturated rings. The van der Waals surface area contributed by atoms with Crippen molar-refractivity contribution in [1.29, 1.82) is 0 Å². The van der Waals surface area contributed by atoms with E-state index in [-0.39, 0.29) is 23.2 Å². The monoisotopic (exact) mass is 473 g/mol. The van der Waals surface area contributed by atoms with Gasteiger partial charge < -0.3 is 10.7 Å². The SMILES string of the molecule is NC1([C@@H](c2ncc(-c3cc(C(F)(F)F)cc(C(F)(F)F)c3)[nH]2)C2CCCCC2)CCCCC1. The van der Waals surface area contributed by atoms with Crippen LogP contribution in [0.25, 0.3) is 11.3 Å². The van der Waals surface area contributed by atoms with Crippen LogP contribution in [0.15, 0.2) is 24.4 Å². The Labute approximate surface area is 189 Å². The minimum atomic E-state index is -4.90. The average Bonchev–Trinajstić information content (AvgIpc) is 3.23. The highest BCUT2D eigenvalue weighted by Crippen LogP contribution is 2.47. The standard InChI is InChI=1S/C24H29F6N3/c25-23(26,27)17-11-16(12-18(13-17)24(28,29)30)19-14-32-21(33-19)20(15-7-3-1-4-8-15)22(31)9-5-2-6-10-22/h11-15,20H,1-10,31H2,(H,32,33)/t20-/m1/s1. The number of benzene rings is 1. The third kappa shape index (κ3) is 5.23. The number of nitrogens with zero attached hydrogens (tertiary/aromatic N) is 1. The summed E-state index contributed by atoms with van der Waals surface area (Å²) in [5.74, 6) is 0.778. The summed E-state index contributed by atoms with van der Waals surface area (Å²) in [6, 6.07) is 1.62. The molecule has 3 nitrogen and oxygen atoms in total. The van der Waals surface area contributed by atoms with Crippen molar-refractivity contribution < 1.29 is 26.3 Å². The molecule has 2 saturated carbocycles. The van der Waals surface area contributed by atoms with Crippen LogP contribution in [0, 0.1) is 5.92 Å². The lowest BCUT2D eigenvalue weighted by atomic mass is 9.65. The van der Waals surface area contributed by atoms with Crippen LogP contribution in [0.5, 0.6) is 0 Å². The average molecular weight is 474 g/mol. The quantitative estimate of drug-likeness (QED) is 0.454. The van der Waals surface area contributed by atoms with Gasteiger partial charge >= 0.3 is 12.4 Å². The van der Waals surface area contributed by atoms with Gasteiger partial charge in [-0.15, -0.1) is 0 Å². The van der Waals surface area contributed by atoms with Crippen molar-refractivity contribution >= 4 is 0 Å². The predicted octanol–water partition coefficient (Wildman–Crippen LogP) is 7.44. The zero-order valence-corrected chi connectivity index (χ0v) is 18.3. The van der Waals surface area contributed by atoms with E-state index in [1.807, 2.05) is 0 Å². The molecule has 0 amide bonds. The van der Waals surface area contributed by atoms with E-state index in [0.717, 1.165) is 76.3 Å². The molecule has 1 aromatic carbocycles. The van der Waals surface area contributed by atoms with Crippen molar-refractivity contribution in [3.8, 4) is 11.3 Å². The number of aromatic amines is 1. The first-order valence-corrected chi connectivity index (χ1v) is 11.6. The van der Waals surface area contributed by atoms with Gasteiger partial charge in [0.15, 0.2) is 0 Å². The highest BCUT2D eigenvalue weighted by molar-refractivity contribution is 5.62. The number of H-pyrrole nitrogens is 1. The number of hydrogen-bond donors (Lipinski definition) is 2. The van der Waals surface area contributed by atoms with E-state index in [1.165, 1.54) is 6.20 Å². The fourth-order valence-corrected chi connectivity index (χ4v) is 5.71. The molecule has 1 atom stereocenters. The molecule has 2 aliphatic carbocycles. The van der Waals surface area contributed by atoms with Crippen molar-refractivity contribution in [3.05, 3.63) is 41.3 Å². The van der Waals surface area contributed by atoms with E-state index in [1.54, 1.807) is 0 Å². The second kappa shape index (κ2) is 8.96. The van der Waals surface area contributed by atoms with Gasteiger partial charge in [-0.25, -0.2) is 4.98 Å². The van der Waals surface area contributed by atoms with E-state index < -0.39 is 29.0 Å². The molecule has 0 aliphatic heterocycles. The summed E-state index contributed by atoms with van der Waals surface area (Å²) < 4.78 is 79.9. The van der Waals surface area contributed by atoms with Gasteiger partial charge in [-0.2, -0.15) is 26.3 Å². The van der Waals surface area contributed by atoms with Crippen LogP contribution in [0.4, 0.5) is 26.3 Å². The Morgan fingerprint density at radius 2 is 1.39 bits per heavy atom. The largest absolute Gasteiger partial charge is 0.416 e. The van der Waals surface area contributed by atoms with Crippen molar-refractivity contribution in [1.82, 2.24) is 9.97 Å². The molecule has 0 bridgehead atoms. The lowest BCUT2D eigenvalue weighted by Gasteiger charge is -2.44. The molecule has 1 aromatic heterocycles. The maximum Gasteiger partial charge on any atom is 0.416 e. The minimum Gasteiger partial charge on any atom is -0.342 e. The van der Waals surface area contributed by atoms with Gasteiger partial charge in [0.2, 0.25) is 0 Å². The van der Waals surface area contributed by atoms with Gasteiger partial charge in [0.1, 0.15) is 5.82 Å². The molecule has 0 radical (unpaired) electrons. The smallest absolute Gasteiger partial charge is 0.342 e. The van der Waals surface area contributed by atoms with Crippen molar-refractivity contribution in [3.63, 3.8) is 0 Å². The van der Waals surface area contributed by atoms with Gasteiger partial charge in [0, 0.05) is 17.0 Å². The van der Waals surface area contributed by atoms with Crippen molar-refractivity contribution in [2.24, 2.45) is 11.7 Å². The van der Waals surface area contributed by atoms with Gasteiger partial charge in [0.05, 0.1) is 23.0 Å². The number of imidazole rings is 1. The Morgan fingerprint density at radius 1 is 0.848 bits per heavy atom. The third-order valence-electron chi connectivity index (χ3n) is 7.31. The first-order valence-electron chi connectivity index (χ1n) is 11.6. The summed E-state index contributed by atoms with van der Waals surface area (Å²) >= 11 is 0. The number of halogens is 6. The topological polar surface area (TPSA) is 54.7 Å². The van der Waals surface area contributed by atoms with Crippen molar-refractivity contribution in [2.45, 2.75) is 88.0 Å². The summed E-state index contributed by atoms with van der Waals surface area (Å²) in [4.78, 5) is 7.56. The molecule has 3 N–H and O–H groups in total. The summed E-state index contributed by atoms with van der Waals surface area (Å²) in [5, 5.41) is 0. The number of nitrogens with two attached hydrogens (primary N) is 1. The van der Waals surface area contributed by atoms with Crippen LogP contribution < -0.4 is 5.73 Å². The van der Waals surface area contributed by atoms with Gasteiger partial charge in [0.25, 0.3) is 0 Å². The van der Waals surface area contributed by atoms with Crippen LogP contribution in [-0.2, 0) is 12.4 Å². The van der Waals surface area contributed by atoms with Crippen LogP contribution in [0.3, 0.4) is 0 Å².